The molecule has 1 aromatic heterocycles. The molecule has 0 fully saturated rings. The Hall–Kier alpha value is -1.60. The summed E-state index contributed by atoms with van der Waals surface area (Å²) in [5.41, 5.74) is 0.635. The highest BCUT2D eigenvalue weighted by molar-refractivity contribution is 7.99. The Balaban J connectivity index is 1.96. The van der Waals surface area contributed by atoms with Crippen LogP contribution >= 0.6 is 23.4 Å². The van der Waals surface area contributed by atoms with Crippen LogP contribution in [0.3, 0.4) is 0 Å². The number of nitrogens with zero attached hydrogens (tertiary/aromatic N) is 2. The first-order valence-electron chi connectivity index (χ1n) is 5.74. The van der Waals surface area contributed by atoms with Crippen LogP contribution in [-0.4, -0.2) is 35.1 Å². The van der Waals surface area contributed by atoms with Gasteiger partial charge in [-0.1, -0.05) is 35.5 Å². The summed E-state index contributed by atoms with van der Waals surface area (Å²) in [5, 5.41) is 10.9. The van der Waals surface area contributed by atoms with E-state index in [0.29, 0.717) is 16.5 Å². The molecule has 2 rings (SSSR count). The van der Waals surface area contributed by atoms with E-state index in [9.17, 15) is 9.18 Å². The predicted molar refractivity (Wildman–Crippen MR) is 74.5 cm³/mol. The summed E-state index contributed by atoms with van der Waals surface area (Å²) in [6, 6.07) is 7.09. The van der Waals surface area contributed by atoms with Crippen molar-refractivity contribution >= 4 is 29.3 Å². The molecule has 5 nitrogen and oxygen atoms in total. The van der Waals surface area contributed by atoms with Crippen LogP contribution in [0.15, 0.2) is 33.9 Å². The van der Waals surface area contributed by atoms with Crippen LogP contribution in [0.25, 0.3) is 11.5 Å². The summed E-state index contributed by atoms with van der Waals surface area (Å²) in [4.78, 5) is 11.3. The number of rotatable bonds is 6. The van der Waals surface area contributed by atoms with Gasteiger partial charge in [0.25, 0.3) is 5.22 Å². The van der Waals surface area contributed by atoms with Crippen LogP contribution in [0, 0.1) is 0 Å². The fraction of sp³-hybridized carbons (Fsp3) is 0.250. The average molecular weight is 316 g/mol. The van der Waals surface area contributed by atoms with E-state index in [1.165, 1.54) is 0 Å². The minimum Gasteiger partial charge on any atom is -0.411 e. The zero-order valence-electron chi connectivity index (χ0n) is 10.3. The van der Waals surface area contributed by atoms with Crippen molar-refractivity contribution in [3.8, 4) is 11.5 Å². The molecule has 0 bridgehead atoms. The van der Waals surface area contributed by atoms with E-state index in [2.05, 4.69) is 15.5 Å². The van der Waals surface area contributed by atoms with Gasteiger partial charge in [-0.25, -0.2) is 4.39 Å². The molecule has 8 heteroatoms. The first kappa shape index (κ1) is 14.8. The second-order valence-corrected chi connectivity index (χ2v) is 5.01. The third kappa shape index (κ3) is 3.94. The molecule has 1 N–H and O–H groups in total. The summed E-state index contributed by atoms with van der Waals surface area (Å²) in [5.74, 6) is 0.0943. The molecule has 0 spiro atoms. The molecule has 0 aliphatic carbocycles. The number of carbonyl (C=O) groups is 1. The Bertz CT molecular complexity index is 594. The van der Waals surface area contributed by atoms with Gasteiger partial charge in [0.2, 0.25) is 11.8 Å². The van der Waals surface area contributed by atoms with E-state index < -0.39 is 6.67 Å². The van der Waals surface area contributed by atoms with Crippen molar-refractivity contribution in [2.75, 3.05) is 19.0 Å². The van der Waals surface area contributed by atoms with E-state index in [-0.39, 0.29) is 23.4 Å². The number of nitrogens with one attached hydrogen (secondary N) is 1. The van der Waals surface area contributed by atoms with E-state index in [1.54, 1.807) is 18.2 Å². The number of benzene rings is 1. The monoisotopic (exact) mass is 315 g/mol. The molecule has 1 aromatic carbocycles. The average Bonchev–Trinajstić information content (AvgIpc) is 2.92. The predicted octanol–water partition coefficient (Wildman–Crippen LogP) is 2.57. The maximum absolute atomic E-state index is 11.9. The first-order valence-corrected chi connectivity index (χ1v) is 7.11. The number of halogens is 2. The summed E-state index contributed by atoms with van der Waals surface area (Å²) in [7, 11) is 0. The number of hydrogen-bond donors (Lipinski definition) is 1. The molecule has 0 unspecified atom stereocenters. The van der Waals surface area contributed by atoms with Crippen molar-refractivity contribution < 1.29 is 13.6 Å². The van der Waals surface area contributed by atoms with Gasteiger partial charge in [0.15, 0.2) is 0 Å². The number of hydrogen-bond acceptors (Lipinski definition) is 5. The molecular formula is C12H11ClFN3O2S. The molecule has 0 radical (unpaired) electrons. The zero-order valence-corrected chi connectivity index (χ0v) is 11.9. The maximum atomic E-state index is 11.9. The number of amides is 1. The normalized spacial score (nSPS) is 10.5. The highest BCUT2D eigenvalue weighted by Crippen LogP contribution is 2.28. The minimum absolute atomic E-state index is 0.00804. The topological polar surface area (TPSA) is 68.0 Å². The van der Waals surface area contributed by atoms with Crippen molar-refractivity contribution in [1.82, 2.24) is 15.5 Å². The molecular weight excluding hydrogens is 305 g/mol. The summed E-state index contributed by atoms with van der Waals surface area (Å²) >= 11 is 7.10. The number of carbonyl (C=O) groups excluding carboxylic acids is 1. The van der Waals surface area contributed by atoms with E-state index in [1.807, 2.05) is 6.07 Å². The molecule has 1 heterocycles. The van der Waals surface area contributed by atoms with Gasteiger partial charge in [0, 0.05) is 6.54 Å². The lowest BCUT2D eigenvalue weighted by Crippen LogP contribution is -2.27. The lowest BCUT2D eigenvalue weighted by Gasteiger charge is -1.99. The van der Waals surface area contributed by atoms with Crippen molar-refractivity contribution in [3.63, 3.8) is 0 Å². The van der Waals surface area contributed by atoms with Crippen LogP contribution in [-0.2, 0) is 4.79 Å². The van der Waals surface area contributed by atoms with Crippen LogP contribution in [0.4, 0.5) is 4.39 Å². The van der Waals surface area contributed by atoms with Crippen LogP contribution < -0.4 is 5.32 Å². The number of alkyl halides is 1. The fourth-order valence-corrected chi connectivity index (χ4v) is 2.19. The third-order valence-corrected chi connectivity index (χ3v) is 3.40. The second-order valence-electron chi connectivity index (χ2n) is 3.68. The van der Waals surface area contributed by atoms with Crippen molar-refractivity contribution in [2.24, 2.45) is 0 Å². The quantitative estimate of drug-likeness (QED) is 0.830. The highest BCUT2D eigenvalue weighted by atomic mass is 35.5. The molecule has 1 amide bonds. The number of thioether (sulfide) groups is 1. The first-order chi connectivity index (χ1) is 9.70. The van der Waals surface area contributed by atoms with Gasteiger partial charge in [-0.15, -0.1) is 10.2 Å². The lowest BCUT2D eigenvalue weighted by atomic mass is 10.2. The molecule has 20 heavy (non-hydrogen) atoms. The molecule has 0 saturated heterocycles. The van der Waals surface area contributed by atoms with Gasteiger partial charge in [0.1, 0.15) is 6.67 Å². The second kappa shape index (κ2) is 7.25. The third-order valence-electron chi connectivity index (χ3n) is 2.25. The Morgan fingerprint density at radius 3 is 2.95 bits per heavy atom. The smallest absolute Gasteiger partial charge is 0.277 e. The lowest BCUT2D eigenvalue weighted by molar-refractivity contribution is -0.118. The van der Waals surface area contributed by atoms with Gasteiger partial charge in [-0.2, -0.15) is 0 Å². The fourth-order valence-electron chi connectivity index (χ4n) is 1.38. The maximum Gasteiger partial charge on any atom is 0.277 e. The molecule has 106 valence electrons. The van der Waals surface area contributed by atoms with Crippen LogP contribution in [0.1, 0.15) is 0 Å². The molecule has 0 atom stereocenters. The van der Waals surface area contributed by atoms with Crippen molar-refractivity contribution in [2.45, 2.75) is 5.22 Å². The Kier molecular flexibility index (Phi) is 5.37. The largest absolute Gasteiger partial charge is 0.411 e. The minimum atomic E-state index is -0.590. The zero-order chi connectivity index (χ0) is 14.4. The van der Waals surface area contributed by atoms with Crippen LogP contribution in [0.2, 0.25) is 5.02 Å². The summed E-state index contributed by atoms with van der Waals surface area (Å²) < 4.78 is 17.3. The highest BCUT2D eigenvalue weighted by Gasteiger charge is 2.12. The van der Waals surface area contributed by atoms with E-state index in [4.69, 9.17) is 16.0 Å². The van der Waals surface area contributed by atoms with Gasteiger partial charge in [-0.3, -0.25) is 4.79 Å². The van der Waals surface area contributed by atoms with Gasteiger partial charge < -0.3 is 9.73 Å². The van der Waals surface area contributed by atoms with Gasteiger partial charge in [0.05, 0.1) is 16.3 Å². The van der Waals surface area contributed by atoms with E-state index >= 15 is 0 Å². The Morgan fingerprint density at radius 2 is 2.20 bits per heavy atom. The molecule has 0 saturated carbocycles. The Labute approximate surface area is 123 Å². The van der Waals surface area contributed by atoms with Crippen molar-refractivity contribution in [3.05, 3.63) is 29.3 Å². The standard InChI is InChI=1S/C12H11ClFN3O2S/c13-9-4-2-1-3-8(9)11-16-17-12(19-11)20-7-10(18)15-6-5-14/h1-4H,5-7H2,(H,15,18). The summed E-state index contributed by atoms with van der Waals surface area (Å²) in [6.07, 6.45) is 0. The Morgan fingerprint density at radius 1 is 1.40 bits per heavy atom. The van der Waals surface area contributed by atoms with Gasteiger partial charge in [-0.05, 0) is 12.1 Å². The molecule has 2 aromatic rings. The van der Waals surface area contributed by atoms with Gasteiger partial charge >= 0.3 is 0 Å². The molecule has 0 aliphatic heterocycles. The SMILES string of the molecule is O=C(CSc1nnc(-c2ccccc2Cl)o1)NCCF. The molecule has 0 aliphatic rings. The number of aromatic nitrogens is 2. The van der Waals surface area contributed by atoms with Crippen LogP contribution in [0.5, 0.6) is 0 Å². The summed E-state index contributed by atoms with van der Waals surface area (Å²) in [6.45, 7) is -0.582. The van der Waals surface area contributed by atoms with E-state index in [0.717, 1.165) is 11.8 Å². The van der Waals surface area contributed by atoms with Crippen molar-refractivity contribution in [1.29, 1.82) is 0 Å².